The number of ketones is 1. The normalized spacial score (nSPS) is 12.2. The molecule has 4 heteroatoms. The topological polar surface area (TPSA) is 74.6 Å². The zero-order valence-corrected chi connectivity index (χ0v) is 9.23. The summed E-state index contributed by atoms with van der Waals surface area (Å²) in [5, 5.41) is 18.0. The Morgan fingerprint density at radius 1 is 1.38 bits per heavy atom. The molecule has 0 aliphatic heterocycles. The third-order valence-corrected chi connectivity index (χ3v) is 2.42. The van der Waals surface area contributed by atoms with Crippen molar-refractivity contribution in [1.29, 1.82) is 0 Å². The van der Waals surface area contributed by atoms with Gasteiger partial charge in [-0.3, -0.25) is 4.79 Å². The van der Waals surface area contributed by atoms with Crippen molar-refractivity contribution < 1.29 is 19.8 Å². The van der Waals surface area contributed by atoms with E-state index in [1.165, 1.54) is 12.1 Å². The Balaban J connectivity index is 3.08. The van der Waals surface area contributed by atoms with E-state index in [1.807, 2.05) is 0 Å². The lowest BCUT2D eigenvalue weighted by atomic mass is 9.98. The van der Waals surface area contributed by atoms with Crippen LogP contribution < -0.4 is 0 Å². The number of hydrogen-bond acceptors (Lipinski definition) is 3. The van der Waals surface area contributed by atoms with Crippen molar-refractivity contribution in [3.05, 3.63) is 34.9 Å². The largest absolute Gasteiger partial charge is 0.479 e. The van der Waals surface area contributed by atoms with E-state index in [2.05, 4.69) is 0 Å². The first-order chi connectivity index (χ1) is 7.47. The monoisotopic (exact) mass is 222 g/mol. The number of aryl methyl sites for hydroxylation is 1. The molecule has 16 heavy (non-hydrogen) atoms. The molecule has 0 spiro atoms. The van der Waals surface area contributed by atoms with E-state index in [-0.39, 0.29) is 11.3 Å². The van der Waals surface area contributed by atoms with Crippen LogP contribution >= 0.6 is 0 Å². The Morgan fingerprint density at radius 2 is 2.00 bits per heavy atom. The highest BCUT2D eigenvalue weighted by Crippen LogP contribution is 2.18. The second kappa shape index (κ2) is 4.90. The standard InChI is InChI=1S/C12H14O4/c1-3-10(13)9-5-4-8(6-7(9)2)11(14)12(15)16/h4-6,11,14H,3H2,1-2H3,(H,15,16). The molecule has 0 heterocycles. The molecule has 0 amide bonds. The van der Waals surface area contributed by atoms with Crippen molar-refractivity contribution in [2.24, 2.45) is 0 Å². The summed E-state index contributed by atoms with van der Waals surface area (Å²) in [6.45, 7) is 3.49. The molecule has 2 N–H and O–H groups in total. The van der Waals surface area contributed by atoms with Crippen LogP contribution in [-0.2, 0) is 4.79 Å². The summed E-state index contributed by atoms with van der Waals surface area (Å²) >= 11 is 0. The van der Waals surface area contributed by atoms with Crippen molar-refractivity contribution >= 4 is 11.8 Å². The van der Waals surface area contributed by atoms with Gasteiger partial charge in [0.1, 0.15) is 0 Å². The van der Waals surface area contributed by atoms with Gasteiger partial charge in [0.15, 0.2) is 11.9 Å². The maximum Gasteiger partial charge on any atom is 0.337 e. The maximum absolute atomic E-state index is 11.5. The second-order valence-corrected chi connectivity index (χ2v) is 3.59. The average molecular weight is 222 g/mol. The molecule has 0 aromatic heterocycles. The summed E-state index contributed by atoms with van der Waals surface area (Å²) < 4.78 is 0. The molecule has 0 bridgehead atoms. The SMILES string of the molecule is CCC(=O)c1ccc(C(O)C(=O)O)cc1C. The van der Waals surface area contributed by atoms with E-state index in [0.717, 1.165) is 0 Å². The van der Waals surface area contributed by atoms with Gasteiger partial charge in [-0.05, 0) is 18.1 Å². The fourth-order valence-electron chi connectivity index (χ4n) is 1.50. The van der Waals surface area contributed by atoms with E-state index in [9.17, 15) is 14.7 Å². The number of aliphatic carboxylic acids is 1. The third-order valence-electron chi connectivity index (χ3n) is 2.42. The Hall–Kier alpha value is -1.68. The van der Waals surface area contributed by atoms with Gasteiger partial charge in [0.25, 0.3) is 0 Å². The van der Waals surface area contributed by atoms with Gasteiger partial charge in [0, 0.05) is 12.0 Å². The summed E-state index contributed by atoms with van der Waals surface area (Å²) in [4.78, 5) is 22.0. The number of carboxylic acids is 1. The van der Waals surface area contributed by atoms with Gasteiger partial charge >= 0.3 is 5.97 Å². The van der Waals surface area contributed by atoms with Gasteiger partial charge in [0.05, 0.1) is 0 Å². The van der Waals surface area contributed by atoms with Gasteiger partial charge in [-0.2, -0.15) is 0 Å². The second-order valence-electron chi connectivity index (χ2n) is 3.59. The predicted octanol–water partition coefficient (Wildman–Crippen LogP) is 1.71. The molecule has 0 aliphatic rings. The third kappa shape index (κ3) is 2.46. The van der Waals surface area contributed by atoms with Gasteiger partial charge in [0.2, 0.25) is 0 Å². The summed E-state index contributed by atoms with van der Waals surface area (Å²) in [5.74, 6) is -1.29. The number of aliphatic hydroxyl groups is 1. The fraction of sp³-hybridized carbons (Fsp3) is 0.333. The molecule has 0 saturated heterocycles. The molecule has 1 aromatic rings. The molecular formula is C12H14O4. The molecule has 0 aliphatic carbocycles. The fourth-order valence-corrected chi connectivity index (χ4v) is 1.50. The summed E-state index contributed by atoms with van der Waals surface area (Å²) in [7, 11) is 0. The van der Waals surface area contributed by atoms with Crippen LogP contribution in [0.2, 0.25) is 0 Å². The van der Waals surface area contributed by atoms with Crippen molar-refractivity contribution in [3.8, 4) is 0 Å². The molecule has 0 radical (unpaired) electrons. The van der Waals surface area contributed by atoms with Crippen LogP contribution in [0, 0.1) is 6.92 Å². The zero-order chi connectivity index (χ0) is 12.3. The van der Waals surface area contributed by atoms with Crippen LogP contribution in [0.5, 0.6) is 0 Å². The first-order valence-corrected chi connectivity index (χ1v) is 5.02. The van der Waals surface area contributed by atoms with Gasteiger partial charge in [-0.15, -0.1) is 0 Å². The Bertz CT molecular complexity index is 423. The van der Waals surface area contributed by atoms with E-state index in [0.29, 0.717) is 17.5 Å². The first-order valence-electron chi connectivity index (χ1n) is 5.02. The van der Waals surface area contributed by atoms with Crippen LogP contribution in [0.15, 0.2) is 18.2 Å². The molecule has 1 rings (SSSR count). The minimum atomic E-state index is -1.54. The van der Waals surface area contributed by atoms with Crippen LogP contribution in [0.25, 0.3) is 0 Å². The number of hydrogen-bond donors (Lipinski definition) is 2. The van der Waals surface area contributed by atoms with Crippen molar-refractivity contribution in [3.63, 3.8) is 0 Å². The smallest absolute Gasteiger partial charge is 0.337 e. The van der Waals surface area contributed by atoms with E-state index in [4.69, 9.17) is 5.11 Å². The molecule has 0 fully saturated rings. The highest BCUT2D eigenvalue weighted by molar-refractivity contribution is 5.97. The number of rotatable bonds is 4. The number of carbonyl (C=O) groups excluding carboxylic acids is 1. The predicted molar refractivity (Wildman–Crippen MR) is 58.4 cm³/mol. The Morgan fingerprint density at radius 3 is 2.44 bits per heavy atom. The Labute approximate surface area is 93.5 Å². The van der Waals surface area contributed by atoms with Crippen LogP contribution in [0.4, 0.5) is 0 Å². The number of aliphatic hydroxyl groups excluding tert-OH is 1. The zero-order valence-electron chi connectivity index (χ0n) is 9.23. The minimum absolute atomic E-state index is 0.00821. The summed E-state index contributed by atoms with van der Waals surface area (Å²) in [6.07, 6.45) is -1.13. The molecule has 0 saturated carbocycles. The number of Topliss-reactive ketones (excluding diaryl/α,β-unsaturated/α-hetero) is 1. The van der Waals surface area contributed by atoms with Crippen molar-refractivity contribution in [2.75, 3.05) is 0 Å². The molecule has 1 aromatic carbocycles. The molecule has 1 unspecified atom stereocenters. The van der Waals surface area contributed by atoms with Crippen LogP contribution in [-0.4, -0.2) is 22.0 Å². The Kier molecular flexibility index (Phi) is 3.79. The van der Waals surface area contributed by atoms with Crippen LogP contribution in [0.1, 0.15) is 40.9 Å². The quantitative estimate of drug-likeness (QED) is 0.760. The maximum atomic E-state index is 11.5. The number of carboxylic acid groups (broad SMARTS) is 1. The highest BCUT2D eigenvalue weighted by Gasteiger charge is 2.17. The highest BCUT2D eigenvalue weighted by atomic mass is 16.4. The lowest BCUT2D eigenvalue weighted by Crippen LogP contribution is -2.11. The average Bonchev–Trinajstić information content (AvgIpc) is 2.26. The van der Waals surface area contributed by atoms with E-state index >= 15 is 0 Å². The summed E-state index contributed by atoms with van der Waals surface area (Å²) in [5.41, 5.74) is 1.55. The molecule has 4 nitrogen and oxygen atoms in total. The number of carbonyl (C=O) groups is 2. The molecule has 86 valence electrons. The van der Waals surface area contributed by atoms with Crippen LogP contribution in [0.3, 0.4) is 0 Å². The van der Waals surface area contributed by atoms with Crippen molar-refractivity contribution in [1.82, 2.24) is 0 Å². The van der Waals surface area contributed by atoms with Gasteiger partial charge < -0.3 is 10.2 Å². The molecule has 1 atom stereocenters. The van der Waals surface area contributed by atoms with E-state index < -0.39 is 12.1 Å². The van der Waals surface area contributed by atoms with Gasteiger partial charge in [-0.25, -0.2) is 4.79 Å². The van der Waals surface area contributed by atoms with Gasteiger partial charge in [-0.1, -0.05) is 25.1 Å². The van der Waals surface area contributed by atoms with Crippen molar-refractivity contribution in [2.45, 2.75) is 26.4 Å². The number of benzene rings is 1. The van der Waals surface area contributed by atoms with E-state index in [1.54, 1.807) is 19.9 Å². The first kappa shape index (κ1) is 12.4. The lowest BCUT2D eigenvalue weighted by molar-refractivity contribution is -0.146. The molecular weight excluding hydrogens is 208 g/mol. The minimum Gasteiger partial charge on any atom is -0.479 e. The lowest BCUT2D eigenvalue weighted by Gasteiger charge is -2.09. The summed E-state index contributed by atoms with van der Waals surface area (Å²) in [6, 6.07) is 4.55.